The van der Waals surface area contributed by atoms with Gasteiger partial charge in [0, 0.05) is 6.54 Å². The predicted octanol–water partition coefficient (Wildman–Crippen LogP) is 3.06. The predicted molar refractivity (Wildman–Crippen MR) is 66.4 cm³/mol. The molecule has 1 nitrogen and oxygen atoms in total. The van der Waals surface area contributed by atoms with Gasteiger partial charge in [0.25, 0.3) is 0 Å². The molecule has 17 heavy (non-hydrogen) atoms. The van der Waals surface area contributed by atoms with Crippen molar-refractivity contribution in [3.8, 4) is 0 Å². The van der Waals surface area contributed by atoms with E-state index in [0.717, 1.165) is 18.5 Å². The largest absolute Gasteiger partial charge is 0.306 e. The molecule has 0 aliphatic carbocycles. The lowest BCUT2D eigenvalue weighted by Crippen LogP contribution is -2.30. The minimum absolute atomic E-state index is 0.121. The highest BCUT2D eigenvalue weighted by atomic mass is 19.1. The number of nitrogens with one attached hydrogen (secondary N) is 1. The van der Waals surface area contributed by atoms with Crippen LogP contribution in [0.1, 0.15) is 22.7 Å². The first kappa shape index (κ1) is 10.5. The Morgan fingerprint density at radius 1 is 1.06 bits per heavy atom. The van der Waals surface area contributed by atoms with E-state index in [1.165, 1.54) is 17.2 Å². The Kier molecular flexibility index (Phi) is 2.65. The molecular formula is C15H14FN. The van der Waals surface area contributed by atoms with Gasteiger partial charge in [-0.2, -0.15) is 0 Å². The summed E-state index contributed by atoms with van der Waals surface area (Å²) in [5.74, 6) is -0.174. The normalized spacial score (nSPS) is 18.8. The second-order valence-corrected chi connectivity index (χ2v) is 4.39. The van der Waals surface area contributed by atoms with Crippen LogP contribution in [0, 0.1) is 5.82 Å². The van der Waals surface area contributed by atoms with Crippen LogP contribution in [0.25, 0.3) is 0 Å². The van der Waals surface area contributed by atoms with E-state index in [1.54, 1.807) is 12.1 Å². The molecule has 0 saturated heterocycles. The summed E-state index contributed by atoms with van der Waals surface area (Å²) in [5.41, 5.74) is 3.63. The van der Waals surface area contributed by atoms with Crippen LogP contribution in [-0.4, -0.2) is 6.54 Å². The lowest BCUT2D eigenvalue weighted by molar-refractivity contribution is 0.560. The zero-order chi connectivity index (χ0) is 11.7. The van der Waals surface area contributed by atoms with Crippen LogP contribution < -0.4 is 5.32 Å². The van der Waals surface area contributed by atoms with Gasteiger partial charge in [-0.15, -0.1) is 0 Å². The van der Waals surface area contributed by atoms with E-state index < -0.39 is 0 Å². The molecule has 2 heteroatoms. The average Bonchev–Trinajstić information content (AvgIpc) is 2.38. The van der Waals surface area contributed by atoms with Crippen LogP contribution in [0.3, 0.4) is 0 Å². The summed E-state index contributed by atoms with van der Waals surface area (Å²) in [6.07, 6.45) is 1.04. The van der Waals surface area contributed by atoms with Crippen molar-refractivity contribution in [2.24, 2.45) is 0 Å². The minimum atomic E-state index is -0.174. The number of hydrogen-bond acceptors (Lipinski definition) is 1. The molecule has 0 radical (unpaired) electrons. The maximum atomic E-state index is 13.3. The fourth-order valence-electron chi connectivity index (χ4n) is 2.49. The van der Waals surface area contributed by atoms with Gasteiger partial charge in [-0.25, -0.2) is 4.39 Å². The van der Waals surface area contributed by atoms with Crippen LogP contribution in [-0.2, 0) is 6.42 Å². The monoisotopic (exact) mass is 227 g/mol. The number of hydrogen-bond donors (Lipinski definition) is 1. The summed E-state index contributed by atoms with van der Waals surface area (Å²) < 4.78 is 13.3. The molecule has 0 bridgehead atoms. The van der Waals surface area contributed by atoms with Gasteiger partial charge < -0.3 is 5.32 Å². The van der Waals surface area contributed by atoms with E-state index in [1.807, 2.05) is 12.1 Å². The Bertz CT molecular complexity index is 536. The van der Waals surface area contributed by atoms with Crippen molar-refractivity contribution in [1.29, 1.82) is 0 Å². The molecular weight excluding hydrogens is 213 g/mol. The quantitative estimate of drug-likeness (QED) is 0.789. The summed E-state index contributed by atoms with van der Waals surface area (Å²) in [5, 5.41) is 3.45. The molecule has 1 aliphatic heterocycles. The van der Waals surface area contributed by atoms with Crippen molar-refractivity contribution >= 4 is 0 Å². The van der Waals surface area contributed by atoms with E-state index in [-0.39, 0.29) is 11.9 Å². The lowest BCUT2D eigenvalue weighted by atomic mass is 9.90. The third-order valence-corrected chi connectivity index (χ3v) is 3.29. The molecule has 1 heterocycles. The molecule has 1 atom stereocenters. The van der Waals surface area contributed by atoms with Crippen molar-refractivity contribution in [2.75, 3.05) is 6.54 Å². The van der Waals surface area contributed by atoms with Crippen molar-refractivity contribution in [3.05, 3.63) is 71.0 Å². The smallest absolute Gasteiger partial charge is 0.123 e. The van der Waals surface area contributed by atoms with Crippen LogP contribution in [0.5, 0.6) is 0 Å². The summed E-state index contributed by atoms with van der Waals surface area (Å²) in [6, 6.07) is 15.3. The van der Waals surface area contributed by atoms with Gasteiger partial charge in [0.15, 0.2) is 0 Å². The summed E-state index contributed by atoms with van der Waals surface area (Å²) in [7, 11) is 0. The van der Waals surface area contributed by atoms with E-state index in [0.29, 0.717) is 0 Å². The standard InChI is InChI=1S/C15H14FN/c16-13-6-3-5-12(10-13)15-14-7-2-1-4-11(14)8-9-17-15/h1-7,10,15,17H,8-9H2/t15-/m1/s1. The van der Waals surface area contributed by atoms with Crippen LogP contribution in [0.2, 0.25) is 0 Å². The third-order valence-electron chi connectivity index (χ3n) is 3.29. The zero-order valence-corrected chi connectivity index (χ0v) is 9.49. The van der Waals surface area contributed by atoms with Crippen LogP contribution in [0.15, 0.2) is 48.5 Å². The molecule has 86 valence electrons. The van der Waals surface area contributed by atoms with Crippen molar-refractivity contribution in [1.82, 2.24) is 5.32 Å². The van der Waals surface area contributed by atoms with Crippen molar-refractivity contribution < 1.29 is 4.39 Å². The van der Waals surface area contributed by atoms with Gasteiger partial charge in [-0.3, -0.25) is 0 Å². The van der Waals surface area contributed by atoms with Crippen molar-refractivity contribution in [3.63, 3.8) is 0 Å². The molecule has 0 spiro atoms. The third kappa shape index (κ3) is 1.96. The fraction of sp³-hybridized carbons (Fsp3) is 0.200. The first-order valence-electron chi connectivity index (χ1n) is 5.91. The highest BCUT2D eigenvalue weighted by Gasteiger charge is 2.20. The SMILES string of the molecule is Fc1cccc([C@H]2NCCc3ccccc32)c1. The molecule has 0 saturated carbocycles. The molecule has 1 N–H and O–H groups in total. The maximum absolute atomic E-state index is 13.3. The molecule has 2 aromatic carbocycles. The summed E-state index contributed by atoms with van der Waals surface area (Å²) >= 11 is 0. The van der Waals surface area contributed by atoms with Gasteiger partial charge in [-0.05, 0) is 35.2 Å². The molecule has 0 amide bonds. The number of rotatable bonds is 1. The average molecular weight is 227 g/mol. The molecule has 3 rings (SSSR count). The second-order valence-electron chi connectivity index (χ2n) is 4.39. The number of halogens is 1. The number of benzene rings is 2. The molecule has 0 aromatic heterocycles. The molecule has 2 aromatic rings. The van der Waals surface area contributed by atoms with Crippen molar-refractivity contribution in [2.45, 2.75) is 12.5 Å². The van der Waals surface area contributed by atoms with E-state index in [2.05, 4.69) is 23.5 Å². The summed E-state index contributed by atoms with van der Waals surface area (Å²) in [4.78, 5) is 0. The van der Waals surface area contributed by atoms with Gasteiger partial charge in [0.1, 0.15) is 5.82 Å². The fourth-order valence-corrected chi connectivity index (χ4v) is 2.49. The van der Waals surface area contributed by atoms with Crippen LogP contribution in [0.4, 0.5) is 4.39 Å². The number of fused-ring (bicyclic) bond motifs is 1. The molecule has 0 fully saturated rings. The molecule has 0 unspecified atom stereocenters. The highest BCUT2D eigenvalue weighted by molar-refractivity contribution is 5.39. The van der Waals surface area contributed by atoms with E-state index >= 15 is 0 Å². The minimum Gasteiger partial charge on any atom is -0.306 e. The Morgan fingerprint density at radius 3 is 2.82 bits per heavy atom. The van der Waals surface area contributed by atoms with E-state index in [4.69, 9.17) is 0 Å². The topological polar surface area (TPSA) is 12.0 Å². The van der Waals surface area contributed by atoms with Gasteiger partial charge in [0.2, 0.25) is 0 Å². The lowest BCUT2D eigenvalue weighted by Gasteiger charge is -2.27. The van der Waals surface area contributed by atoms with E-state index in [9.17, 15) is 4.39 Å². The first-order valence-corrected chi connectivity index (χ1v) is 5.91. The first-order chi connectivity index (χ1) is 8.34. The Balaban J connectivity index is 2.06. The Hall–Kier alpha value is -1.67. The van der Waals surface area contributed by atoms with Crippen LogP contribution >= 0.6 is 0 Å². The maximum Gasteiger partial charge on any atom is 0.123 e. The van der Waals surface area contributed by atoms with Gasteiger partial charge in [0.05, 0.1) is 6.04 Å². The summed E-state index contributed by atoms with van der Waals surface area (Å²) in [6.45, 7) is 0.943. The van der Waals surface area contributed by atoms with Gasteiger partial charge in [-0.1, -0.05) is 36.4 Å². The molecule has 1 aliphatic rings. The second kappa shape index (κ2) is 4.30. The van der Waals surface area contributed by atoms with Gasteiger partial charge >= 0.3 is 0 Å². The Labute approximate surface area is 100 Å². The highest BCUT2D eigenvalue weighted by Crippen LogP contribution is 2.28. The zero-order valence-electron chi connectivity index (χ0n) is 9.49. The Morgan fingerprint density at radius 2 is 1.94 bits per heavy atom.